The molecule has 4 aromatic carbocycles. The van der Waals surface area contributed by atoms with E-state index in [1.807, 2.05) is 12.1 Å². The lowest BCUT2D eigenvalue weighted by molar-refractivity contribution is -0.138. The lowest BCUT2D eigenvalue weighted by atomic mass is 10.1. The molecule has 2 saturated carbocycles. The number of hydrogen-bond donors (Lipinski definition) is 5. The van der Waals surface area contributed by atoms with Crippen molar-refractivity contribution in [2.45, 2.75) is 24.7 Å². The lowest BCUT2D eigenvalue weighted by Gasteiger charge is -2.02. The van der Waals surface area contributed by atoms with Gasteiger partial charge in [0.2, 0.25) is 11.9 Å². The number of nitrogen functional groups attached to an aromatic ring is 1. The number of fused-ring (bicyclic) bond motifs is 2. The fraction of sp³-hybridized carbons (Fsp3) is 0.167. The Morgan fingerprint density at radius 3 is 1.84 bits per heavy atom. The zero-order chi connectivity index (χ0) is 34.7. The van der Waals surface area contributed by atoms with Gasteiger partial charge in [0.1, 0.15) is 11.6 Å². The van der Waals surface area contributed by atoms with Crippen molar-refractivity contribution in [1.29, 1.82) is 10.5 Å². The first-order valence-electron chi connectivity index (χ1n) is 15.2. The van der Waals surface area contributed by atoms with Crippen LogP contribution in [0.4, 0.5) is 20.7 Å². The van der Waals surface area contributed by atoms with Gasteiger partial charge in [0.15, 0.2) is 5.95 Å². The Hall–Kier alpha value is -6.60. The van der Waals surface area contributed by atoms with Crippen LogP contribution in [0.5, 0.6) is 0 Å². The zero-order valence-corrected chi connectivity index (χ0v) is 25.7. The maximum atomic E-state index is 13.3. The van der Waals surface area contributed by atoms with Crippen LogP contribution in [0.25, 0.3) is 22.1 Å². The second-order valence-electron chi connectivity index (χ2n) is 11.7. The second kappa shape index (κ2) is 13.6. The van der Waals surface area contributed by atoms with Gasteiger partial charge in [-0.1, -0.05) is 24.3 Å². The van der Waals surface area contributed by atoms with Crippen molar-refractivity contribution in [2.24, 2.45) is 11.8 Å². The summed E-state index contributed by atoms with van der Waals surface area (Å²) >= 11 is 0. The molecule has 8 rings (SSSR count). The van der Waals surface area contributed by atoms with Crippen molar-refractivity contribution in [1.82, 2.24) is 19.9 Å². The van der Waals surface area contributed by atoms with Gasteiger partial charge in [0, 0.05) is 5.92 Å². The van der Waals surface area contributed by atoms with Gasteiger partial charge in [-0.3, -0.25) is 14.9 Å². The topological polar surface area (TPSA) is 197 Å². The number of benzene rings is 4. The van der Waals surface area contributed by atoms with E-state index in [0.717, 1.165) is 22.2 Å². The summed E-state index contributed by atoms with van der Waals surface area (Å²) in [4.78, 5) is 37.0. The quantitative estimate of drug-likeness (QED) is 0.141. The van der Waals surface area contributed by atoms with Crippen LogP contribution in [0.1, 0.15) is 46.9 Å². The predicted molar refractivity (Wildman–Crippen MR) is 177 cm³/mol. The van der Waals surface area contributed by atoms with Gasteiger partial charge >= 0.3 is 5.97 Å². The molecule has 0 radical (unpaired) electrons. The fourth-order valence-corrected chi connectivity index (χ4v) is 5.61. The zero-order valence-electron chi connectivity index (χ0n) is 25.7. The van der Waals surface area contributed by atoms with Crippen molar-refractivity contribution in [2.75, 3.05) is 11.1 Å². The summed E-state index contributed by atoms with van der Waals surface area (Å²) in [7, 11) is 0. The summed E-state index contributed by atoms with van der Waals surface area (Å²) in [6.07, 6.45) is 1.34. The smallest absolute Gasteiger partial charge is 0.307 e. The Bertz CT molecular complexity index is 2290. The molecule has 4 unspecified atom stereocenters. The minimum absolute atomic E-state index is 0.0215. The average Bonchev–Trinajstić information content (AvgIpc) is 3.99. The molecular weight excluding hydrogens is 630 g/mol. The minimum atomic E-state index is -0.783. The van der Waals surface area contributed by atoms with Crippen molar-refractivity contribution < 1.29 is 23.5 Å². The molecule has 6 N–H and O–H groups in total. The Balaban J connectivity index is 0.000000140. The van der Waals surface area contributed by atoms with Crippen LogP contribution in [0.3, 0.4) is 0 Å². The first-order valence-corrected chi connectivity index (χ1v) is 15.2. The summed E-state index contributed by atoms with van der Waals surface area (Å²) in [5, 5.41) is 28.9. The average molecular weight is 659 g/mol. The Kier molecular flexibility index (Phi) is 9.00. The maximum Gasteiger partial charge on any atom is 0.307 e. The first kappa shape index (κ1) is 32.3. The van der Waals surface area contributed by atoms with E-state index in [-0.39, 0.29) is 41.2 Å². The molecule has 2 aliphatic carbocycles. The van der Waals surface area contributed by atoms with E-state index in [4.69, 9.17) is 21.4 Å². The Morgan fingerprint density at radius 2 is 1.31 bits per heavy atom. The monoisotopic (exact) mass is 658 g/mol. The molecule has 2 aromatic heterocycles. The number of carboxylic acids is 1. The van der Waals surface area contributed by atoms with Crippen LogP contribution in [-0.2, 0) is 9.59 Å². The van der Waals surface area contributed by atoms with Gasteiger partial charge in [-0.05, 0) is 96.5 Å². The number of hydrogen-bond acceptors (Lipinski definition) is 7. The number of amides is 1. The molecular formula is C36H28F2N8O3. The number of carboxylic acid groups (broad SMARTS) is 1. The molecule has 11 nitrogen and oxygen atoms in total. The summed E-state index contributed by atoms with van der Waals surface area (Å²) < 4.78 is 26.0. The summed E-state index contributed by atoms with van der Waals surface area (Å²) in [5.41, 5.74) is 11.2. The van der Waals surface area contributed by atoms with E-state index in [9.17, 15) is 18.4 Å². The number of carbonyl (C=O) groups excluding carboxylic acids is 1. The molecule has 4 atom stereocenters. The van der Waals surface area contributed by atoms with Crippen LogP contribution in [0, 0.1) is 46.1 Å². The third kappa shape index (κ3) is 7.69. The Morgan fingerprint density at radius 1 is 0.776 bits per heavy atom. The molecule has 2 heterocycles. The van der Waals surface area contributed by atoms with Crippen LogP contribution in [0.15, 0.2) is 84.9 Å². The van der Waals surface area contributed by atoms with Gasteiger partial charge in [-0.15, -0.1) is 0 Å². The highest BCUT2D eigenvalue weighted by Gasteiger charge is 2.45. The van der Waals surface area contributed by atoms with Gasteiger partial charge in [0.05, 0.1) is 51.3 Å². The van der Waals surface area contributed by atoms with Crippen LogP contribution in [-0.4, -0.2) is 36.9 Å². The molecule has 244 valence electrons. The molecule has 0 bridgehead atoms. The normalized spacial score (nSPS) is 18.5. The number of rotatable bonds is 5. The molecule has 0 saturated heterocycles. The van der Waals surface area contributed by atoms with Gasteiger partial charge in [0.25, 0.3) is 0 Å². The van der Waals surface area contributed by atoms with Crippen molar-refractivity contribution in [3.63, 3.8) is 0 Å². The highest BCUT2D eigenvalue weighted by atomic mass is 19.1. The standard InChI is InChI=1S/C18H13FN4O.C10H9FO2.C8H6N4/c19-12-3-1-2-11(7-12)13-8-14(13)17(24)23-18-21-15-5-4-10(9-20)6-16(15)22-18;11-7-3-1-2-6(4-7)8-5-9(8)10(12)13;9-4-5-1-2-6-7(3-5)12-8(10)11-6/h1-7,13-14H,8H2,(H2,21,22,23,24);1-4,8-9H,5H2,(H,12,13);1-3H,(H3,10,11,12). The maximum absolute atomic E-state index is 13.3. The summed E-state index contributed by atoms with van der Waals surface area (Å²) in [6, 6.07) is 26.9. The minimum Gasteiger partial charge on any atom is -0.481 e. The van der Waals surface area contributed by atoms with Crippen molar-refractivity contribution >= 4 is 45.8 Å². The number of nitriles is 2. The number of aromatic amines is 2. The number of carbonyl (C=O) groups is 2. The number of H-pyrrole nitrogens is 2. The number of halogens is 2. The predicted octanol–water partition coefficient (Wildman–Crippen LogP) is 6.35. The second-order valence-corrected chi connectivity index (χ2v) is 11.7. The van der Waals surface area contributed by atoms with E-state index in [1.54, 1.807) is 54.6 Å². The molecule has 6 aromatic rings. The van der Waals surface area contributed by atoms with Crippen LogP contribution in [0.2, 0.25) is 0 Å². The van der Waals surface area contributed by atoms with Gasteiger partial charge < -0.3 is 20.8 Å². The van der Waals surface area contributed by atoms with Crippen molar-refractivity contribution in [3.05, 3.63) is 119 Å². The number of nitrogens with two attached hydrogens (primary N) is 1. The third-order valence-electron chi connectivity index (χ3n) is 8.27. The van der Waals surface area contributed by atoms with Gasteiger partial charge in [-0.2, -0.15) is 10.5 Å². The van der Waals surface area contributed by atoms with Crippen molar-refractivity contribution in [3.8, 4) is 12.1 Å². The molecule has 13 heteroatoms. The molecule has 49 heavy (non-hydrogen) atoms. The Labute approximate surface area is 278 Å². The number of nitrogens with zero attached hydrogens (tertiary/aromatic N) is 4. The van der Waals surface area contributed by atoms with E-state index < -0.39 is 5.97 Å². The highest BCUT2D eigenvalue weighted by Crippen LogP contribution is 2.48. The van der Waals surface area contributed by atoms with E-state index in [1.165, 1.54) is 24.3 Å². The van der Waals surface area contributed by atoms with Gasteiger partial charge in [-0.25, -0.2) is 18.7 Å². The molecule has 0 spiro atoms. The SMILES string of the molecule is N#Cc1ccc2nc(N)[nH]c2c1.N#Cc1ccc2nc(NC(=O)C3CC3c3cccc(F)c3)[nH]c2c1.O=C(O)C1CC1c1cccc(F)c1. The molecule has 1 amide bonds. The molecule has 2 fully saturated rings. The largest absolute Gasteiger partial charge is 0.481 e. The molecule has 0 aliphatic heterocycles. The number of imidazole rings is 2. The highest BCUT2D eigenvalue weighted by molar-refractivity contribution is 5.95. The third-order valence-corrected chi connectivity index (χ3v) is 8.27. The van der Waals surface area contributed by atoms with E-state index >= 15 is 0 Å². The summed E-state index contributed by atoms with van der Waals surface area (Å²) in [5.74, 6) is -1.18. The number of nitrogens with one attached hydrogen (secondary N) is 3. The molecule has 2 aliphatic rings. The van der Waals surface area contributed by atoms with E-state index in [0.29, 0.717) is 46.9 Å². The fourth-order valence-electron chi connectivity index (χ4n) is 5.61. The number of aliphatic carboxylic acids is 1. The first-order chi connectivity index (χ1) is 23.6. The lowest BCUT2D eigenvalue weighted by Crippen LogP contribution is -2.15. The number of anilines is 2. The number of aromatic nitrogens is 4. The summed E-state index contributed by atoms with van der Waals surface area (Å²) in [6.45, 7) is 0. The van der Waals surface area contributed by atoms with E-state index in [2.05, 4.69) is 31.3 Å². The van der Waals surface area contributed by atoms with Crippen LogP contribution >= 0.6 is 0 Å². The van der Waals surface area contributed by atoms with Crippen LogP contribution < -0.4 is 11.1 Å².